The van der Waals surface area contributed by atoms with Crippen LogP contribution in [0.5, 0.6) is 0 Å². The molecule has 1 aliphatic carbocycles. The van der Waals surface area contributed by atoms with Crippen LogP contribution in [0.4, 0.5) is 0 Å². The molecule has 2 aromatic rings. The number of benzene rings is 1. The third kappa shape index (κ3) is 2.31. The molecule has 0 radical (unpaired) electrons. The summed E-state index contributed by atoms with van der Waals surface area (Å²) in [6.07, 6.45) is 3.17. The van der Waals surface area contributed by atoms with E-state index >= 15 is 0 Å². The van der Waals surface area contributed by atoms with E-state index in [9.17, 15) is 0 Å². The molecule has 2 unspecified atom stereocenters. The van der Waals surface area contributed by atoms with Gasteiger partial charge in [0.2, 0.25) is 0 Å². The van der Waals surface area contributed by atoms with Gasteiger partial charge in [0.15, 0.2) is 0 Å². The van der Waals surface area contributed by atoms with E-state index in [4.69, 9.17) is 5.73 Å². The van der Waals surface area contributed by atoms with Gasteiger partial charge in [0.25, 0.3) is 0 Å². The van der Waals surface area contributed by atoms with Crippen molar-refractivity contribution >= 4 is 15.9 Å². The van der Waals surface area contributed by atoms with Crippen molar-refractivity contribution in [2.75, 3.05) is 0 Å². The highest BCUT2D eigenvalue weighted by Gasteiger charge is 2.28. The van der Waals surface area contributed by atoms with Crippen LogP contribution in [0.1, 0.15) is 34.9 Å². The molecule has 1 aliphatic rings. The molecule has 4 heteroatoms. The summed E-state index contributed by atoms with van der Waals surface area (Å²) in [5.41, 5.74) is 11.6. The van der Waals surface area contributed by atoms with Crippen LogP contribution in [-0.4, -0.2) is 15.8 Å². The van der Waals surface area contributed by atoms with Gasteiger partial charge < -0.3 is 5.73 Å². The summed E-state index contributed by atoms with van der Waals surface area (Å²) in [5.74, 6) is 0.466. The van der Waals surface area contributed by atoms with Gasteiger partial charge in [-0.25, -0.2) is 0 Å². The number of fused-ring (bicyclic) bond motifs is 1. The SMILES string of the molecule is Cc1nn(C)c(CC(N)C2CCc3ccccc32)c1Br. The molecule has 0 saturated heterocycles. The quantitative estimate of drug-likeness (QED) is 0.937. The summed E-state index contributed by atoms with van der Waals surface area (Å²) in [7, 11) is 1.99. The Morgan fingerprint density at radius 1 is 1.45 bits per heavy atom. The van der Waals surface area contributed by atoms with Gasteiger partial charge in [-0.1, -0.05) is 24.3 Å². The molecule has 3 nitrogen and oxygen atoms in total. The Balaban J connectivity index is 1.83. The van der Waals surface area contributed by atoms with Gasteiger partial charge in [-0.3, -0.25) is 4.68 Å². The van der Waals surface area contributed by atoms with Crippen LogP contribution in [-0.2, 0) is 19.9 Å². The summed E-state index contributed by atoms with van der Waals surface area (Å²) in [6.45, 7) is 2.02. The lowest BCUT2D eigenvalue weighted by Gasteiger charge is -2.20. The Labute approximate surface area is 128 Å². The van der Waals surface area contributed by atoms with Gasteiger partial charge in [0, 0.05) is 19.5 Å². The van der Waals surface area contributed by atoms with Gasteiger partial charge in [0.1, 0.15) is 0 Å². The van der Waals surface area contributed by atoms with Crippen LogP contribution in [0.25, 0.3) is 0 Å². The summed E-state index contributed by atoms with van der Waals surface area (Å²) in [4.78, 5) is 0. The van der Waals surface area contributed by atoms with Crippen molar-refractivity contribution in [3.63, 3.8) is 0 Å². The highest BCUT2D eigenvalue weighted by molar-refractivity contribution is 9.10. The summed E-state index contributed by atoms with van der Waals surface area (Å²) < 4.78 is 3.04. The lowest BCUT2D eigenvalue weighted by molar-refractivity contribution is 0.508. The van der Waals surface area contributed by atoms with Crippen molar-refractivity contribution in [1.29, 1.82) is 0 Å². The van der Waals surface area contributed by atoms with Crippen LogP contribution >= 0.6 is 15.9 Å². The highest BCUT2D eigenvalue weighted by atomic mass is 79.9. The van der Waals surface area contributed by atoms with E-state index in [0.717, 1.165) is 29.4 Å². The first-order chi connectivity index (χ1) is 9.58. The molecule has 0 saturated carbocycles. The van der Waals surface area contributed by atoms with Crippen LogP contribution in [0.3, 0.4) is 0 Å². The number of rotatable bonds is 3. The molecular weight excluding hydrogens is 314 g/mol. The number of nitrogens with two attached hydrogens (primary N) is 1. The molecule has 3 rings (SSSR count). The first-order valence-electron chi connectivity index (χ1n) is 7.09. The second-order valence-corrected chi connectivity index (χ2v) is 6.47. The number of hydrogen-bond donors (Lipinski definition) is 1. The zero-order valence-electron chi connectivity index (χ0n) is 11.9. The van der Waals surface area contributed by atoms with Crippen LogP contribution in [0.2, 0.25) is 0 Å². The maximum absolute atomic E-state index is 6.51. The molecule has 0 bridgehead atoms. The first kappa shape index (κ1) is 13.8. The number of nitrogens with zero attached hydrogens (tertiary/aromatic N) is 2. The van der Waals surface area contributed by atoms with Crippen molar-refractivity contribution < 1.29 is 0 Å². The van der Waals surface area contributed by atoms with Gasteiger partial charge in [-0.05, 0) is 52.7 Å². The van der Waals surface area contributed by atoms with Crippen molar-refractivity contribution in [3.05, 3.63) is 51.3 Å². The van der Waals surface area contributed by atoms with Gasteiger partial charge >= 0.3 is 0 Å². The lowest BCUT2D eigenvalue weighted by Crippen LogP contribution is -2.30. The Morgan fingerprint density at radius 3 is 2.90 bits per heavy atom. The maximum atomic E-state index is 6.51. The maximum Gasteiger partial charge on any atom is 0.0738 e. The molecule has 0 fully saturated rings. The summed E-state index contributed by atoms with van der Waals surface area (Å²) >= 11 is 3.63. The fourth-order valence-electron chi connectivity index (χ4n) is 3.30. The molecular formula is C16H20BrN3. The lowest BCUT2D eigenvalue weighted by atomic mass is 9.91. The van der Waals surface area contributed by atoms with Crippen LogP contribution in [0, 0.1) is 6.92 Å². The average Bonchev–Trinajstić information content (AvgIpc) is 2.96. The Bertz CT molecular complexity index is 633. The molecule has 106 valence electrons. The van der Waals surface area contributed by atoms with Crippen molar-refractivity contribution in [3.8, 4) is 0 Å². The van der Waals surface area contributed by atoms with E-state index in [1.807, 2.05) is 18.7 Å². The standard InChI is InChI=1S/C16H20BrN3/c1-10-16(17)15(20(2)19-10)9-14(18)13-8-7-11-5-3-4-6-12(11)13/h3-6,13-14H,7-9,18H2,1-2H3. The predicted octanol–water partition coefficient (Wildman–Crippen LogP) is 3.09. The minimum atomic E-state index is 0.143. The topological polar surface area (TPSA) is 43.8 Å². The number of hydrogen-bond acceptors (Lipinski definition) is 2. The van der Waals surface area contributed by atoms with E-state index in [2.05, 4.69) is 45.3 Å². The fraction of sp³-hybridized carbons (Fsp3) is 0.438. The molecule has 2 N–H and O–H groups in total. The smallest absolute Gasteiger partial charge is 0.0738 e. The first-order valence-corrected chi connectivity index (χ1v) is 7.88. The van der Waals surface area contributed by atoms with E-state index in [1.165, 1.54) is 16.8 Å². The highest BCUT2D eigenvalue weighted by Crippen LogP contribution is 2.36. The minimum Gasteiger partial charge on any atom is -0.327 e. The summed E-state index contributed by atoms with van der Waals surface area (Å²) in [5, 5.41) is 4.45. The van der Waals surface area contributed by atoms with Gasteiger partial charge in [-0.15, -0.1) is 0 Å². The molecule has 2 atom stereocenters. The molecule has 1 heterocycles. The molecule has 1 aromatic carbocycles. The monoisotopic (exact) mass is 333 g/mol. The Kier molecular flexibility index (Phi) is 3.69. The zero-order valence-corrected chi connectivity index (χ0v) is 13.5. The Morgan fingerprint density at radius 2 is 2.20 bits per heavy atom. The third-order valence-electron chi connectivity index (χ3n) is 4.39. The van der Waals surface area contributed by atoms with Crippen molar-refractivity contribution in [2.24, 2.45) is 12.8 Å². The van der Waals surface area contributed by atoms with Crippen molar-refractivity contribution in [1.82, 2.24) is 9.78 Å². The van der Waals surface area contributed by atoms with E-state index in [1.54, 1.807) is 0 Å². The predicted molar refractivity (Wildman–Crippen MR) is 84.8 cm³/mol. The second-order valence-electron chi connectivity index (χ2n) is 5.68. The molecule has 0 aliphatic heterocycles. The van der Waals surface area contributed by atoms with Crippen molar-refractivity contribution in [2.45, 2.75) is 38.1 Å². The zero-order chi connectivity index (χ0) is 14.3. The third-order valence-corrected chi connectivity index (χ3v) is 5.42. The number of aromatic nitrogens is 2. The number of aryl methyl sites for hydroxylation is 3. The Hall–Kier alpha value is -1.13. The van der Waals surface area contributed by atoms with E-state index in [-0.39, 0.29) is 6.04 Å². The largest absolute Gasteiger partial charge is 0.327 e. The minimum absolute atomic E-state index is 0.143. The average molecular weight is 334 g/mol. The van der Waals surface area contributed by atoms with E-state index in [0.29, 0.717) is 5.92 Å². The normalized spacial score (nSPS) is 19.1. The van der Waals surface area contributed by atoms with Gasteiger partial charge in [-0.2, -0.15) is 5.10 Å². The molecule has 0 spiro atoms. The van der Waals surface area contributed by atoms with Gasteiger partial charge in [0.05, 0.1) is 15.9 Å². The van der Waals surface area contributed by atoms with Crippen LogP contribution < -0.4 is 5.73 Å². The van der Waals surface area contributed by atoms with Crippen LogP contribution in [0.15, 0.2) is 28.7 Å². The number of halogens is 1. The molecule has 0 amide bonds. The fourth-order valence-corrected chi connectivity index (χ4v) is 3.80. The van der Waals surface area contributed by atoms with E-state index < -0.39 is 0 Å². The summed E-state index contributed by atoms with van der Waals surface area (Å²) in [6, 6.07) is 8.84. The molecule has 1 aromatic heterocycles. The molecule has 20 heavy (non-hydrogen) atoms. The second kappa shape index (κ2) is 5.34.